The zero-order valence-corrected chi connectivity index (χ0v) is 13.2. The largest absolute Gasteiger partial charge is 0.394 e. The molecule has 0 bridgehead atoms. The highest BCUT2D eigenvalue weighted by atomic mass is 16.3. The van der Waals surface area contributed by atoms with E-state index in [1.807, 2.05) is 0 Å². The van der Waals surface area contributed by atoms with Crippen molar-refractivity contribution in [2.75, 3.05) is 11.9 Å². The number of piperazine rings is 1. The minimum absolute atomic E-state index is 0.0339. The maximum absolute atomic E-state index is 12.9. The second-order valence-electron chi connectivity index (χ2n) is 6.62. The lowest BCUT2D eigenvalue weighted by Crippen LogP contribution is -2.68. The number of nitrogens with two attached hydrogens (primary N) is 1. The SMILES string of the molecule is N[C@@H](CO)C(=O)[C@@H]1NC(=O)[C@@H]2C[C@@]3(O)c4ccccc4N[C@H]3N2C1=O. The Bertz CT molecular complexity index is 784. The van der Waals surface area contributed by atoms with Crippen LogP contribution in [0, 0.1) is 0 Å². The van der Waals surface area contributed by atoms with Gasteiger partial charge in [-0.1, -0.05) is 18.2 Å². The topological polar surface area (TPSA) is 145 Å². The van der Waals surface area contributed by atoms with E-state index in [1.54, 1.807) is 24.3 Å². The van der Waals surface area contributed by atoms with E-state index in [-0.39, 0.29) is 6.42 Å². The fourth-order valence-corrected chi connectivity index (χ4v) is 3.94. The van der Waals surface area contributed by atoms with Gasteiger partial charge < -0.3 is 31.5 Å². The first-order valence-electron chi connectivity index (χ1n) is 7.99. The molecule has 3 aliphatic heterocycles. The summed E-state index contributed by atoms with van der Waals surface area (Å²) in [5.74, 6) is -1.92. The normalized spacial score (nSPS) is 33.9. The molecule has 132 valence electrons. The van der Waals surface area contributed by atoms with Gasteiger partial charge in [-0.2, -0.15) is 0 Å². The predicted molar refractivity (Wildman–Crippen MR) is 85.0 cm³/mol. The van der Waals surface area contributed by atoms with Gasteiger partial charge in [-0.3, -0.25) is 14.4 Å². The standard InChI is InChI=1S/C16H18N4O5/c17-8(6-21)12(22)11-14(24)20-10(13(23)19-11)5-16(25)7-3-1-2-4-9(7)18-15(16)20/h1-4,8,10-11,15,18,21,25H,5-6,17H2,(H,19,23)/t8-,10-,11-,15-,16+/m0/s1. The molecule has 0 aliphatic carbocycles. The van der Waals surface area contributed by atoms with Crippen LogP contribution >= 0.6 is 0 Å². The number of ketones is 1. The molecule has 2 saturated heterocycles. The Morgan fingerprint density at radius 1 is 1.36 bits per heavy atom. The minimum Gasteiger partial charge on any atom is -0.394 e. The number of anilines is 1. The Balaban J connectivity index is 1.71. The van der Waals surface area contributed by atoms with Crippen molar-refractivity contribution in [2.24, 2.45) is 5.73 Å². The van der Waals surface area contributed by atoms with Crippen LogP contribution in [0.5, 0.6) is 0 Å². The van der Waals surface area contributed by atoms with Crippen LogP contribution in [0.4, 0.5) is 5.69 Å². The van der Waals surface area contributed by atoms with E-state index in [1.165, 1.54) is 4.90 Å². The summed E-state index contributed by atoms with van der Waals surface area (Å²) >= 11 is 0. The Morgan fingerprint density at radius 3 is 2.80 bits per heavy atom. The number of amides is 2. The van der Waals surface area contributed by atoms with Crippen molar-refractivity contribution in [2.45, 2.75) is 36.3 Å². The smallest absolute Gasteiger partial charge is 0.255 e. The summed E-state index contributed by atoms with van der Waals surface area (Å²) in [5, 5.41) is 25.6. The van der Waals surface area contributed by atoms with Crippen LogP contribution in [0.3, 0.4) is 0 Å². The molecule has 2 amide bonds. The first-order chi connectivity index (χ1) is 11.9. The fourth-order valence-electron chi connectivity index (χ4n) is 3.94. The molecule has 1 aromatic carbocycles. The third-order valence-electron chi connectivity index (χ3n) is 5.19. The van der Waals surface area contributed by atoms with Gasteiger partial charge in [0.15, 0.2) is 11.8 Å². The van der Waals surface area contributed by atoms with Gasteiger partial charge in [-0.05, 0) is 6.07 Å². The lowest BCUT2D eigenvalue weighted by atomic mass is 9.91. The highest BCUT2D eigenvalue weighted by molar-refractivity contribution is 6.13. The highest BCUT2D eigenvalue weighted by Crippen LogP contribution is 2.49. The second kappa shape index (κ2) is 5.25. The lowest BCUT2D eigenvalue weighted by Gasteiger charge is -2.37. The number of hydrogen-bond acceptors (Lipinski definition) is 7. The molecule has 6 N–H and O–H groups in total. The third kappa shape index (κ3) is 2.03. The van der Waals surface area contributed by atoms with Crippen molar-refractivity contribution >= 4 is 23.3 Å². The maximum Gasteiger partial charge on any atom is 0.255 e. The van der Waals surface area contributed by atoms with Crippen molar-refractivity contribution in [3.63, 3.8) is 0 Å². The summed E-state index contributed by atoms with van der Waals surface area (Å²) in [7, 11) is 0. The molecular formula is C16H18N4O5. The number of benzene rings is 1. The zero-order chi connectivity index (χ0) is 17.9. The predicted octanol–water partition coefficient (Wildman–Crippen LogP) is -2.39. The van der Waals surface area contributed by atoms with Gasteiger partial charge in [-0.25, -0.2) is 0 Å². The number of fused-ring (bicyclic) bond motifs is 5. The van der Waals surface area contributed by atoms with E-state index in [4.69, 9.17) is 10.8 Å². The van der Waals surface area contributed by atoms with E-state index >= 15 is 0 Å². The summed E-state index contributed by atoms with van der Waals surface area (Å²) in [6.07, 6.45) is -0.805. The van der Waals surface area contributed by atoms with Crippen LogP contribution < -0.4 is 16.4 Å². The summed E-state index contributed by atoms with van der Waals surface area (Å²) in [4.78, 5) is 38.7. The number of carbonyl (C=O) groups is 3. The van der Waals surface area contributed by atoms with E-state index < -0.39 is 54.1 Å². The molecule has 2 fully saturated rings. The van der Waals surface area contributed by atoms with E-state index in [0.717, 1.165) is 0 Å². The van der Waals surface area contributed by atoms with E-state index in [9.17, 15) is 19.5 Å². The number of hydrogen-bond donors (Lipinski definition) is 5. The van der Waals surface area contributed by atoms with Crippen molar-refractivity contribution in [3.8, 4) is 0 Å². The number of nitrogens with one attached hydrogen (secondary N) is 2. The Hall–Kier alpha value is -2.49. The molecule has 0 unspecified atom stereocenters. The van der Waals surface area contributed by atoms with Crippen LogP contribution in [-0.2, 0) is 20.0 Å². The Morgan fingerprint density at radius 2 is 2.08 bits per heavy atom. The molecule has 3 aliphatic rings. The van der Waals surface area contributed by atoms with Crippen LogP contribution in [0.1, 0.15) is 12.0 Å². The Labute approximate surface area is 142 Å². The highest BCUT2D eigenvalue weighted by Gasteiger charge is 2.63. The van der Waals surface area contributed by atoms with Gasteiger partial charge in [0.2, 0.25) is 5.91 Å². The number of aliphatic hydroxyl groups excluding tert-OH is 1. The Kier molecular flexibility index (Phi) is 3.36. The summed E-state index contributed by atoms with van der Waals surface area (Å²) in [6.45, 7) is -0.626. The number of aliphatic hydroxyl groups is 2. The average molecular weight is 346 g/mol. The molecular weight excluding hydrogens is 328 g/mol. The van der Waals surface area contributed by atoms with Crippen LogP contribution in [-0.4, -0.2) is 63.6 Å². The maximum atomic E-state index is 12.9. The molecule has 3 heterocycles. The quantitative estimate of drug-likeness (QED) is 0.384. The molecule has 4 rings (SSSR count). The average Bonchev–Trinajstić information content (AvgIpc) is 3.06. The number of para-hydroxylation sites is 1. The van der Waals surface area contributed by atoms with Crippen molar-refractivity contribution in [3.05, 3.63) is 29.8 Å². The fraction of sp³-hybridized carbons (Fsp3) is 0.438. The monoisotopic (exact) mass is 346 g/mol. The lowest BCUT2D eigenvalue weighted by molar-refractivity contribution is -0.152. The molecule has 0 aromatic heterocycles. The van der Waals surface area contributed by atoms with Crippen molar-refractivity contribution in [1.29, 1.82) is 0 Å². The summed E-state index contributed by atoms with van der Waals surface area (Å²) in [6, 6.07) is 3.49. The molecule has 25 heavy (non-hydrogen) atoms. The molecule has 0 radical (unpaired) electrons. The molecule has 0 spiro atoms. The zero-order valence-electron chi connectivity index (χ0n) is 13.2. The number of nitrogens with zero attached hydrogens (tertiary/aromatic N) is 1. The van der Waals surface area contributed by atoms with E-state index in [2.05, 4.69) is 10.6 Å². The molecule has 5 atom stereocenters. The third-order valence-corrected chi connectivity index (χ3v) is 5.19. The van der Waals surface area contributed by atoms with Crippen LogP contribution in [0.15, 0.2) is 24.3 Å². The van der Waals surface area contributed by atoms with Crippen molar-refractivity contribution < 1.29 is 24.6 Å². The number of carbonyl (C=O) groups excluding carboxylic acids is 3. The van der Waals surface area contributed by atoms with E-state index in [0.29, 0.717) is 11.3 Å². The molecule has 0 saturated carbocycles. The minimum atomic E-state index is -1.46. The van der Waals surface area contributed by atoms with Gasteiger partial charge in [0.1, 0.15) is 17.8 Å². The van der Waals surface area contributed by atoms with Crippen LogP contribution in [0.2, 0.25) is 0 Å². The first kappa shape index (κ1) is 16.0. The molecule has 9 heteroatoms. The number of rotatable bonds is 3. The summed E-state index contributed by atoms with van der Waals surface area (Å²) in [5.41, 5.74) is 5.39. The van der Waals surface area contributed by atoms with Crippen LogP contribution in [0.25, 0.3) is 0 Å². The number of Topliss-reactive ketones (excluding diaryl/α,β-unsaturated/α-hetero) is 1. The van der Waals surface area contributed by atoms with Gasteiger partial charge in [-0.15, -0.1) is 0 Å². The van der Waals surface area contributed by atoms with Gasteiger partial charge >= 0.3 is 0 Å². The van der Waals surface area contributed by atoms with Crippen molar-refractivity contribution in [1.82, 2.24) is 10.2 Å². The second-order valence-corrected chi connectivity index (χ2v) is 6.62. The van der Waals surface area contributed by atoms with Gasteiger partial charge in [0.25, 0.3) is 5.91 Å². The molecule has 9 nitrogen and oxygen atoms in total. The van der Waals surface area contributed by atoms with Gasteiger partial charge in [0, 0.05) is 17.7 Å². The summed E-state index contributed by atoms with van der Waals surface area (Å²) < 4.78 is 0. The molecule has 1 aromatic rings. The van der Waals surface area contributed by atoms with Gasteiger partial charge in [0.05, 0.1) is 12.6 Å². The first-order valence-corrected chi connectivity index (χ1v) is 7.99.